The van der Waals surface area contributed by atoms with Gasteiger partial charge in [0.25, 0.3) is 0 Å². The Morgan fingerprint density at radius 1 is 1.47 bits per heavy atom. The summed E-state index contributed by atoms with van der Waals surface area (Å²) in [4.78, 5) is 13.5. The Morgan fingerprint density at radius 3 is 2.71 bits per heavy atom. The average molecular weight is 314 g/mol. The summed E-state index contributed by atoms with van der Waals surface area (Å²) in [7, 11) is 0. The van der Waals surface area contributed by atoms with Crippen LogP contribution in [0.25, 0.3) is 0 Å². The number of halogens is 1. The number of carbonyl (C=O) groups is 1. The number of rotatable bonds is 3. The molecule has 2 aromatic rings. The molecule has 0 saturated heterocycles. The summed E-state index contributed by atoms with van der Waals surface area (Å²) in [6.45, 7) is 4.75. The highest BCUT2D eigenvalue weighted by Gasteiger charge is 2.12. The maximum atomic E-state index is 11.1. The smallest absolute Gasteiger partial charge is 0.352 e. The van der Waals surface area contributed by atoms with Crippen LogP contribution in [0, 0.1) is 13.8 Å². The van der Waals surface area contributed by atoms with Crippen molar-refractivity contribution in [2.45, 2.75) is 20.4 Å². The fourth-order valence-electron chi connectivity index (χ4n) is 1.68. The van der Waals surface area contributed by atoms with Crippen molar-refractivity contribution in [2.75, 3.05) is 0 Å². The van der Waals surface area contributed by atoms with Gasteiger partial charge in [-0.05, 0) is 47.5 Å². The Bertz CT molecular complexity index is 552. The van der Waals surface area contributed by atoms with Crippen LogP contribution in [0.2, 0.25) is 0 Å². The zero-order chi connectivity index (χ0) is 12.6. The van der Waals surface area contributed by atoms with Crippen LogP contribution in [0.15, 0.2) is 22.8 Å². The zero-order valence-electron chi connectivity index (χ0n) is 9.53. The molecule has 0 fully saturated rings. The molecule has 90 valence electrons. The third-order valence-electron chi connectivity index (χ3n) is 2.63. The molecule has 0 unspecified atom stereocenters. The van der Waals surface area contributed by atoms with Crippen molar-refractivity contribution in [1.29, 1.82) is 0 Å². The van der Waals surface area contributed by atoms with Crippen LogP contribution < -0.4 is 0 Å². The van der Waals surface area contributed by atoms with Crippen LogP contribution in [-0.2, 0) is 6.54 Å². The van der Waals surface area contributed by atoms with Gasteiger partial charge in [0.15, 0.2) is 0 Å². The molecule has 0 spiro atoms. The predicted molar refractivity (Wildman–Crippen MR) is 72.0 cm³/mol. The summed E-state index contributed by atoms with van der Waals surface area (Å²) in [6.07, 6.45) is 1.80. The van der Waals surface area contributed by atoms with Gasteiger partial charge in [-0.1, -0.05) is 0 Å². The number of thiophene rings is 1. The van der Waals surface area contributed by atoms with Gasteiger partial charge in [-0.2, -0.15) is 0 Å². The van der Waals surface area contributed by atoms with Gasteiger partial charge in [0, 0.05) is 20.4 Å². The molecule has 0 amide bonds. The molecular weight excluding hydrogens is 302 g/mol. The van der Waals surface area contributed by atoms with E-state index in [1.165, 1.54) is 15.3 Å². The molecule has 0 aliphatic rings. The van der Waals surface area contributed by atoms with Gasteiger partial charge in [-0.25, -0.2) is 4.79 Å². The number of aromatic carboxylic acids is 1. The Labute approximate surface area is 112 Å². The fraction of sp³-hybridized carbons (Fsp3) is 0.250. The minimum atomic E-state index is -0.902. The maximum absolute atomic E-state index is 11.1. The summed E-state index contributed by atoms with van der Waals surface area (Å²) in [6, 6.07) is 3.73. The monoisotopic (exact) mass is 313 g/mol. The molecule has 0 aliphatic heterocycles. The van der Waals surface area contributed by atoms with Crippen molar-refractivity contribution in [3.05, 3.63) is 43.8 Å². The molecule has 3 nitrogen and oxygen atoms in total. The SMILES string of the molecule is Cc1cc(Cn2cc(Br)cc2C(=O)O)sc1C. The van der Waals surface area contributed by atoms with Gasteiger partial charge in [0.1, 0.15) is 5.69 Å². The summed E-state index contributed by atoms with van der Waals surface area (Å²) in [5, 5.41) is 9.08. The molecule has 1 N–H and O–H groups in total. The van der Waals surface area contributed by atoms with Gasteiger partial charge >= 0.3 is 5.97 Å². The number of carboxylic acids is 1. The third kappa shape index (κ3) is 2.61. The largest absolute Gasteiger partial charge is 0.477 e. The summed E-state index contributed by atoms with van der Waals surface area (Å²) < 4.78 is 2.54. The molecule has 0 bridgehead atoms. The lowest BCUT2D eigenvalue weighted by molar-refractivity contribution is 0.0686. The van der Waals surface area contributed by atoms with Crippen LogP contribution in [0.3, 0.4) is 0 Å². The fourth-order valence-corrected chi connectivity index (χ4v) is 3.20. The van der Waals surface area contributed by atoms with E-state index < -0.39 is 5.97 Å². The molecule has 0 saturated carbocycles. The Morgan fingerprint density at radius 2 is 2.18 bits per heavy atom. The second-order valence-corrected chi connectivity index (χ2v) is 6.19. The number of hydrogen-bond donors (Lipinski definition) is 1. The summed E-state index contributed by atoms with van der Waals surface area (Å²) >= 11 is 5.01. The van der Waals surface area contributed by atoms with E-state index in [1.807, 2.05) is 0 Å². The first kappa shape index (κ1) is 12.4. The first-order chi connectivity index (χ1) is 7.97. The first-order valence-electron chi connectivity index (χ1n) is 5.12. The molecule has 0 aliphatic carbocycles. The van der Waals surface area contributed by atoms with Crippen LogP contribution in [0.5, 0.6) is 0 Å². The van der Waals surface area contributed by atoms with Crippen molar-refractivity contribution < 1.29 is 9.90 Å². The number of hydrogen-bond acceptors (Lipinski definition) is 2. The van der Waals surface area contributed by atoms with Gasteiger partial charge in [0.05, 0.1) is 6.54 Å². The second kappa shape index (κ2) is 4.66. The van der Waals surface area contributed by atoms with Crippen LogP contribution in [-0.4, -0.2) is 15.6 Å². The minimum Gasteiger partial charge on any atom is -0.477 e. The number of aryl methyl sites for hydroxylation is 2. The van der Waals surface area contributed by atoms with Crippen LogP contribution >= 0.6 is 27.3 Å². The van der Waals surface area contributed by atoms with E-state index in [2.05, 4.69) is 35.8 Å². The maximum Gasteiger partial charge on any atom is 0.352 e. The Balaban J connectivity index is 2.32. The molecule has 2 aromatic heterocycles. The van der Waals surface area contributed by atoms with Crippen molar-refractivity contribution in [3.8, 4) is 0 Å². The van der Waals surface area contributed by atoms with E-state index in [-0.39, 0.29) is 0 Å². The normalized spacial score (nSPS) is 10.8. The van der Waals surface area contributed by atoms with Crippen molar-refractivity contribution in [3.63, 3.8) is 0 Å². The van der Waals surface area contributed by atoms with E-state index in [4.69, 9.17) is 5.11 Å². The van der Waals surface area contributed by atoms with Gasteiger partial charge in [-0.15, -0.1) is 11.3 Å². The van der Waals surface area contributed by atoms with E-state index >= 15 is 0 Å². The number of nitrogens with zero attached hydrogens (tertiary/aromatic N) is 1. The molecule has 2 rings (SSSR count). The highest BCUT2D eigenvalue weighted by Crippen LogP contribution is 2.23. The van der Waals surface area contributed by atoms with E-state index in [0.717, 1.165) is 4.47 Å². The number of carboxylic acid groups (broad SMARTS) is 1. The first-order valence-corrected chi connectivity index (χ1v) is 6.73. The van der Waals surface area contributed by atoms with Crippen LogP contribution in [0.4, 0.5) is 0 Å². The second-order valence-electron chi connectivity index (χ2n) is 3.93. The lowest BCUT2D eigenvalue weighted by Crippen LogP contribution is -2.07. The highest BCUT2D eigenvalue weighted by molar-refractivity contribution is 9.10. The third-order valence-corrected chi connectivity index (χ3v) is 4.20. The average Bonchev–Trinajstić information content (AvgIpc) is 2.72. The van der Waals surface area contributed by atoms with Crippen molar-refractivity contribution in [2.24, 2.45) is 0 Å². The van der Waals surface area contributed by atoms with Gasteiger partial charge in [0.2, 0.25) is 0 Å². The molecular formula is C12H12BrNO2S. The Kier molecular flexibility index (Phi) is 3.40. The highest BCUT2D eigenvalue weighted by atomic mass is 79.9. The van der Waals surface area contributed by atoms with Gasteiger partial charge < -0.3 is 9.67 Å². The zero-order valence-corrected chi connectivity index (χ0v) is 11.9. The molecule has 0 aromatic carbocycles. The summed E-state index contributed by atoms with van der Waals surface area (Å²) in [5.74, 6) is -0.902. The minimum absolute atomic E-state index is 0.306. The molecule has 0 radical (unpaired) electrons. The topological polar surface area (TPSA) is 42.2 Å². The molecule has 5 heteroatoms. The summed E-state index contributed by atoms with van der Waals surface area (Å²) in [5.41, 5.74) is 1.56. The standard InChI is InChI=1S/C12H12BrNO2S/c1-7-3-10(17-8(7)2)6-14-5-9(13)4-11(14)12(15)16/h3-5H,6H2,1-2H3,(H,15,16). The van der Waals surface area contributed by atoms with Gasteiger partial charge in [-0.3, -0.25) is 0 Å². The lowest BCUT2D eigenvalue weighted by atomic mass is 10.3. The van der Waals surface area contributed by atoms with Crippen molar-refractivity contribution >= 4 is 33.2 Å². The van der Waals surface area contributed by atoms with E-state index in [0.29, 0.717) is 12.2 Å². The molecule has 17 heavy (non-hydrogen) atoms. The number of aromatic nitrogens is 1. The molecule has 2 heterocycles. The van der Waals surface area contributed by atoms with E-state index in [9.17, 15) is 4.79 Å². The lowest BCUT2D eigenvalue weighted by Gasteiger charge is -2.03. The Hall–Kier alpha value is -1.07. The van der Waals surface area contributed by atoms with Crippen LogP contribution in [0.1, 0.15) is 25.8 Å². The quantitative estimate of drug-likeness (QED) is 0.939. The molecule has 0 atom stereocenters. The predicted octanol–water partition coefficient (Wildman–Crippen LogP) is 3.68. The van der Waals surface area contributed by atoms with E-state index in [1.54, 1.807) is 28.2 Å². The van der Waals surface area contributed by atoms with Crippen molar-refractivity contribution in [1.82, 2.24) is 4.57 Å².